The summed E-state index contributed by atoms with van der Waals surface area (Å²) in [4.78, 5) is 26.0. The van der Waals surface area contributed by atoms with E-state index in [-0.39, 0.29) is 11.0 Å². The fraction of sp³-hybridized carbons (Fsp3) is 0.750. The van der Waals surface area contributed by atoms with Crippen molar-refractivity contribution in [2.45, 2.75) is 76.4 Å². The summed E-state index contributed by atoms with van der Waals surface area (Å²) in [5.74, 6) is 1.54. The maximum absolute atomic E-state index is 11.4. The minimum Gasteiger partial charge on any atom is -0.332 e. The molecule has 1 aliphatic carbocycles. The van der Waals surface area contributed by atoms with Crippen LogP contribution in [-0.2, 0) is 4.79 Å². The van der Waals surface area contributed by atoms with E-state index >= 15 is 0 Å². The van der Waals surface area contributed by atoms with Crippen molar-refractivity contribution in [1.29, 1.82) is 0 Å². The Kier molecular flexibility index (Phi) is 5.24. The molecule has 0 amide bonds. The van der Waals surface area contributed by atoms with E-state index in [1.165, 1.54) is 18.4 Å². The fourth-order valence-corrected chi connectivity index (χ4v) is 5.29. The van der Waals surface area contributed by atoms with Gasteiger partial charge in [0.15, 0.2) is 5.12 Å². The van der Waals surface area contributed by atoms with E-state index in [4.69, 9.17) is 9.97 Å². The number of thiol groups is 1. The maximum Gasteiger partial charge on any atom is 0.225 e. The molecule has 3 heterocycles. The van der Waals surface area contributed by atoms with Gasteiger partial charge in [-0.2, -0.15) is 0 Å². The number of piperazine rings is 1. The van der Waals surface area contributed by atoms with Crippen LogP contribution in [0.3, 0.4) is 0 Å². The monoisotopic (exact) mass is 374 g/mol. The third-order valence-electron chi connectivity index (χ3n) is 6.68. The molecular formula is C20H30N4OS. The minimum atomic E-state index is 0.0473. The van der Waals surface area contributed by atoms with E-state index in [9.17, 15) is 4.79 Å². The summed E-state index contributed by atoms with van der Waals surface area (Å²) in [6, 6.07) is 1.72. The van der Waals surface area contributed by atoms with Gasteiger partial charge < -0.3 is 4.90 Å². The van der Waals surface area contributed by atoms with Crippen LogP contribution in [0.15, 0.2) is 12.4 Å². The molecule has 1 saturated carbocycles. The molecule has 6 heteroatoms. The molecule has 0 N–H and O–H groups in total. The summed E-state index contributed by atoms with van der Waals surface area (Å²) in [5.41, 5.74) is 1.23. The lowest BCUT2D eigenvalue weighted by atomic mass is 9.80. The van der Waals surface area contributed by atoms with Crippen molar-refractivity contribution < 1.29 is 4.79 Å². The van der Waals surface area contributed by atoms with Gasteiger partial charge in [-0.15, -0.1) is 12.6 Å². The first-order valence-corrected chi connectivity index (χ1v) is 10.5. The maximum atomic E-state index is 11.4. The first-order valence-electron chi connectivity index (χ1n) is 10.1. The van der Waals surface area contributed by atoms with E-state index in [0.717, 1.165) is 44.7 Å². The summed E-state index contributed by atoms with van der Waals surface area (Å²) in [7, 11) is 0. The van der Waals surface area contributed by atoms with Gasteiger partial charge in [0.1, 0.15) is 0 Å². The normalized spacial score (nSPS) is 32.2. The van der Waals surface area contributed by atoms with Crippen molar-refractivity contribution in [3.8, 4) is 0 Å². The predicted molar refractivity (Wildman–Crippen MR) is 107 cm³/mol. The van der Waals surface area contributed by atoms with Crippen molar-refractivity contribution in [2.24, 2.45) is 5.92 Å². The molecule has 26 heavy (non-hydrogen) atoms. The molecule has 1 aromatic rings. The van der Waals surface area contributed by atoms with Crippen LogP contribution < -0.4 is 4.90 Å². The zero-order valence-electron chi connectivity index (χ0n) is 15.8. The molecule has 2 unspecified atom stereocenters. The molecule has 1 aromatic heterocycles. The Balaban J connectivity index is 1.42. The average Bonchev–Trinajstić information content (AvgIpc) is 2.91. The molecule has 4 rings (SSSR count). The van der Waals surface area contributed by atoms with Crippen LogP contribution >= 0.6 is 12.6 Å². The molecule has 5 nitrogen and oxygen atoms in total. The number of hydrogen-bond acceptors (Lipinski definition) is 5. The number of rotatable bonds is 4. The van der Waals surface area contributed by atoms with Gasteiger partial charge in [-0.25, -0.2) is 9.97 Å². The first-order chi connectivity index (χ1) is 12.5. The number of carbonyl (C=O) groups excluding carboxylic acids is 1. The molecule has 2 aliphatic heterocycles. The Hall–Kier alpha value is -1.14. The highest BCUT2D eigenvalue weighted by atomic mass is 32.1. The van der Waals surface area contributed by atoms with Crippen LogP contribution in [0, 0.1) is 5.92 Å². The van der Waals surface area contributed by atoms with Crippen LogP contribution in [0.5, 0.6) is 0 Å². The number of fused-ring (bicyclic) bond motifs is 2. The van der Waals surface area contributed by atoms with Crippen LogP contribution in [0.1, 0.15) is 63.9 Å². The van der Waals surface area contributed by atoms with E-state index < -0.39 is 0 Å². The molecule has 2 atom stereocenters. The van der Waals surface area contributed by atoms with Gasteiger partial charge in [-0.05, 0) is 63.9 Å². The standard InChI is InChI=1S/C20H30N4OS/c1-13(2)23-11-17-7-8-18(12-23)24(17)20-21-9-16(10-22-20)14-3-5-15(6-4-14)19(25)26/h9-10,13-15,17-18H,3-8,11-12H2,1-2H3,(H,25,26). The van der Waals surface area contributed by atoms with Crippen molar-refractivity contribution in [3.63, 3.8) is 0 Å². The number of nitrogens with zero attached hydrogens (tertiary/aromatic N) is 4. The largest absolute Gasteiger partial charge is 0.332 e. The van der Waals surface area contributed by atoms with Gasteiger partial charge >= 0.3 is 0 Å². The third kappa shape index (κ3) is 3.50. The summed E-state index contributed by atoms with van der Waals surface area (Å²) in [6.45, 7) is 6.83. The van der Waals surface area contributed by atoms with Crippen molar-refractivity contribution in [3.05, 3.63) is 18.0 Å². The zero-order chi connectivity index (χ0) is 18.3. The lowest BCUT2D eigenvalue weighted by Crippen LogP contribution is -2.56. The molecular weight excluding hydrogens is 344 g/mol. The summed E-state index contributed by atoms with van der Waals surface area (Å²) in [6.07, 6.45) is 10.5. The summed E-state index contributed by atoms with van der Waals surface area (Å²) < 4.78 is 0. The molecule has 0 aromatic carbocycles. The number of likely N-dealkylation sites (tertiary alicyclic amines) is 1. The molecule has 2 bridgehead atoms. The van der Waals surface area contributed by atoms with Crippen molar-refractivity contribution in [1.82, 2.24) is 14.9 Å². The molecule has 3 aliphatic rings. The zero-order valence-corrected chi connectivity index (χ0v) is 16.7. The van der Waals surface area contributed by atoms with E-state index in [1.807, 2.05) is 12.4 Å². The van der Waals surface area contributed by atoms with Gasteiger partial charge in [-0.1, -0.05) is 0 Å². The second-order valence-corrected chi connectivity index (χ2v) is 8.98. The highest BCUT2D eigenvalue weighted by Crippen LogP contribution is 2.37. The lowest BCUT2D eigenvalue weighted by Gasteiger charge is -2.42. The van der Waals surface area contributed by atoms with Crippen LogP contribution in [0.2, 0.25) is 0 Å². The summed E-state index contributed by atoms with van der Waals surface area (Å²) >= 11 is 4.00. The quantitative estimate of drug-likeness (QED) is 0.820. The Morgan fingerprint density at radius 2 is 1.62 bits per heavy atom. The Morgan fingerprint density at radius 3 is 2.12 bits per heavy atom. The summed E-state index contributed by atoms with van der Waals surface area (Å²) in [5, 5.41) is 0.0473. The number of aromatic nitrogens is 2. The lowest BCUT2D eigenvalue weighted by molar-refractivity contribution is -0.115. The number of anilines is 1. The van der Waals surface area contributed by atoms with Gasteiger partial charge in [0.25, 0.3) is 0 Å². The highest BCUT2D eigenvalue weighted by Gasteiger charge is 2.41. The Bertz CT molecular complexity index is 628. The van der Waals surface area contributed by atoms with Crippen molar-refractivity contribution >= 4 is 23.7 Å². The molecule has 0 radical (unpaired) electrons. The molecule has 2 saturated heterocycles. The topological polar surface area (TPSA) is 49.3 Å². The van der Waals surface area contributed by atoms with Gasteiger partial charge in [0, 0.05) is 49.5 Å². The van der Waals surface area contributed by atoms with E-state index in [1.54, 1.807) is 0 Å². The van der Waals surface area contributed by atoms with E-state index in [0.29, 0.717) is 24.0 Å². The number of hydrogen-bond donors (Lipinski definition) is 1. The minimum absolute atomic E-state index is 0.0473. The van der Waals surface area contributed by atoms with Gasteiger partial charge in [0.05, 0.1) is 0 Å². The first kappa shape index (κ1) is 18.2. The van der Waals surface area contributed by atoms with Crippen molar-refractivity contribution in [2.75, 3.05) is 18.0 Å². The average molecular weight is 375 g/mol. The predicted octanol–water partition coefficient (Wildman–Crippen LogP) is 3.27. The molecule has 3 fully saturated rings. The van der Waals surface area contributed by atoms with Crippen LogP contribution in [0.4, 0.5) is 5.95 Å². The molecule has 142 valence electrons. The number of carbonyl (C=O) groups is 1. The Morgan fingerprint density at radius 1 is 1.04 bits per heavy atom. The van der Waals surface area contributed by atoms with Crippen LogP contribution in [-0.4, -0.2) is 51.2 Å². The van der Waals surface area contributed by atoms with Crippen LogP contribution in [0.25, 0.3) is 0 Å². The second-order valence-electron chi connectivity index (χ2n) is 8.54. The SMILES string of the molecule is CC(C)N1CC2CCC(C1)N2c1ncc(C2CCC(C(=O)S)CC2)cn1. The molecule has 0 spiro atoms. The smallest absolute Gasteiger partial charge is 0.225 e. The fourth-order valence-electron chi connectivity index (χ4n) is 5.03. The highest BCUT2D eigenvalue weighted by molar-refractivity contribution is 7.96. The van der Waals surface area contributed by atoms with Gasteiger partial charge in [-0.3, -0.25) is 9.69 Å². The van der Waals surface area contributed by atoms with E-state index in [2.05, 4.69) is 36.3 Å². The Labute approximate surface area is 162 Å². The third-order valence-corrected chi connectivity index (χ3v) is 7.04. The second kappa shape index (κ2) is 7.47. The van der Waals surface area contributed by atoms with Gasteiger partial charge in [0.2, 0.25) is 5.95 Å².